The molecule has 0 aromatic rings. The second-order valence-corrected chi connectivity index (χ2v) is 18.6. The molecule has 8 aliphatic heterocycles. The van der Waals surface area contributed by atoms with Crippen LogP contribution < -0.4 is 0 Å². The van der Waals surface area contributed by atoms with E-state index in [0.29, 0.717) is 0 Å². The summed E-state index contributed by atoms with van der Waals surface area (Å²) in [6, 6.07) is 0. The molecule has 0 amide bonds. The van der Waals surface area contributed by atoms with Crippen molar-refractivity contribution >= 4 is 0 Å². The lowest BCUT2D eigenvalue weighted by Gasteiger charge is -2.48. The Morgan fingerprint density at radius 1 is 0.274 bits per heavy atom. The molecule has 33 heteroatoms. The second kappa shape index (κ2) is 24.8. The molecule has 0 unspecified atom stereocenters. The van der Waals surface area contributed by atoms with Gasteiger partial charge in [-0.25, -0.2) is 0 Å². The van der Waals surface area contributed by atoms with Gasteiger partial charge in [0.05, 0.1) is 52.9 Å². The highest BCUT2D eigenvalue weighted by Gasteiger charge is 2.58. The van der Waals surface area contributed by atoms with Crippen LogP contribution >= 0.6 is 0 Å². The zero-order valence-electron chi connectivity index (χ0n) is 38.3. The summed E-state index contributed by atoms with van der Waals surface area (Å²) in [5.41, 5.74) is 0. The van der Waals surface area contributed by atoms with E-state index >= 15 is 0 Å². The van der Waals surface area contributed by atoms with Crippen molar-refractivity contribution in [3.8, 4) is 0 Å². The van der Waals surface area contributed by atoms with Gasteiger partial charge in [-0.1, -0.05) is 0 Å². The third kappa shape index (κ3) is 12.0. The van der Waals surface area contributed by atoms with Crippen LogP contribution in [-0.2, 0) is 71.1 Å². The normalized spacial score (nSPS) is 53.8. The molecule has 8 rings (SSSR count). The van der Waals surface area contributed by atoms with E-state index in [1.165, 1.54) is 0 Å². The Hall–Kier alpha value is -1.32. The molecule has 73 heavy (non-hydrogen) atoms. The largest absolute Gasteiger partial charge is 0.394 e. The quantitative estimate of drug-likeness (QED) is 0.0606. The molecular weight excluding hydrogens is 1010 g/mol. The molecule has 8 fully saturated rings. The minimum absolute atomic E-state index is 0.470. The Morgan fingerprint density at radius 3 is 1.03 bits per heavy atom. The molecule has 32 atom stereocenters. The third-order valence-corrected chi connectivity index (χ3v) is 13.8. The lowest BCUT2D eigenvalue weighted by molar-refractivity contribution is -0.391. The summed E-state index contributed by atoms with van der Waals surface area (Å²) in [4.78, 5) is 0. The molecule has 8 heterocycles. The fourth-order valence-electron chi connectivity index (χ4n) is 9.42. The Bertz CT molecular complexity index is 1710. The van der Waals surface area contributed by atoms with Crippen molar-refractivity contribution in [3.05, 3.63) is 0 Å². The van der Waals surface area contributed by atoms with Gasteiger partial charge in [-0.3, -0.25) is 0 Å². The van der Waals surface area contributed by atoms with Gasteiger partial charge >= 0.3 is 0 Å². The number of ether oxygens (including phenoxy) is 15. The molecule has 18 N–H and O–H groups in total. The SMILES string of the molecule is OC[C@@H]1O[C@@H](O[C@@H]2[C@@H](O[C@@H]3O[C@@H](CO)[C@H](O)[C@H]3O)[C@H](O[C@@H]3CO[C@@H](O[C@@H]4CO[C@@H](O[C@@H]5CO[C@H](O)[C@H](O)[C@H]5O)[C@H](O)[C@H]4O)[C@H](O[C@@H]4O[C@@H](CO)[C@H](O)[C@H]4O)[C@H]3O[C@@H]3O[C@@H](CO)[C@H](O)[C@H]3O)OC[C@H]2O)[C@H](O)[C@H]1O. The molecule has 0 radical (unpaired) electrons. The zero-order valence-corrected chi connectivity index (χ0v) is 38.3. The van der Waals surface area contributed by atoms with Crippen molar-refractivity contribution in [3.63, 3.8) is 0 Å². The first-order valence-electron chi connectivity index (χ1n) is 23.4. The Morgan fingerprint density at radius 2 is 0.589 bits per heavy atom. The first-order valence-corrected chi connectivity index (χ1v) is 23.4. The predicted octanol–water partition coefficient (Wildman–Crippen LogP) is -13.3. The van der Waals surface area contributed by atoms with Crippen LogP contribution in [0.25, 0.3) is 0 Å². The van der Waals surface area contributed by atoms with Crippen molar-refractivity contribution in [2.24, 2.45) is 0 Å². The maximum absolute atomic E-state index is 11.4. The lowest BCUT2D eigenvalue weighted by Crippen LogP contribution is -2.65. The van der Waals surface area contributed by atoms with Crippen molar-refractivity contribution in [2.75, 3.05) is 52.9 Å². The van der Waals surface area contributed by atoms with Crippen molar-refractivity contribution in [1.82, 2.24) is 0 Å². The number of aliphatic hydroxyl groups excluding tert-OH is 18. The van der Waals surface area contributed by atoms with Gasteiger partial charge in [0.2, 0.25) is 0 Å². The molecule has 0 aromatic heterocycles. The van der Waals surface area contributed by atoms with Gasteiger partial charge in [-0.15, -0.1) is 0 Å². The fraction of sp³-hybridized carbons (Fsp3) is 1.00. The molecule has 0 aromatic carbocycles. The molecule has 8 saturated heterocycles. The maximum atomic E-state index is 11.4. The minimum Gasteiger partial charge on any atom is -0.394 e. The van der Waals surface area contributed by atoms with Crippen LogP contribution in [-0.4, -0.2) is 342 Å². The van der Waals surface area contributed by atoms with Crippen LogP contribution in [0.4, 0.5) is 0 Å². The van der Waals surface area contributed by atoms with E-state index in [2.05, 4.69) is 0 Å². The highest BCUT2D eigenvalue weighted by atomic mass is 16.8. The zero-order chi connectivity index (χ0) is 52.7. The van der Waals surface area contributed by atoms with Crippen molar-refractivity contribution in [2.45, 2.75) is 197 Å². The van der Waals surface area contributed by atoms with E-state index in [4.69, 9.17) is 71.1 Å². The highest BCUT2D eigenvalue weighted by molar-refractivity contribution is 4.98. The molecule has 0 bridgehead atoms. The molecule has 424 valence electrons. The van der Waals surface area contributed by atoms with E-state index in [0.717, 1.165) is 0 Å². The van der Waals surface area contributed by atoms with E-state index in [1.807, 2.05) is 0 Å². The molecule has 0 aliphatic carbocycles. The summed E-state index contributed by atoms with van der Waals surface area (Å²) in [5, 5.41) is 190. The number of aliphatic hydroxyl groups is 18. The van der Waals surface area contributed by atoms with Crippen molar-refractivity contribution < 1.29 is 163 Å². The summed E-state index contributed by atoms with van der Waals surface area (Å²) < 4.78 is 87.2. The van der Waals surface area contributed by atoms with Crippen molar-refractivity contribution in [1.29, 1.82) is 0 Å². The van der Waals surface area contributed by atoms with Crippen LogP contribution in [0.15, 0.2) is 0 Å². The van der Waals surface area contributed by atoms with Gasteiger partial charge in [-0.2, -0.15) is 0 Å². The molecule has 0 saturated carbocycles. The third-order valence-electron chi connectivity index (χ3n) is 13.8. The van der Waals surface area contributed by atoms with Gasteiger partial charge in [0, 0.05) is 0 Å². The van der Waals surface area contributed by atoms with Crippen LogP contribution in [0.2, 0.25) is 0 Å². The summed E-state index contributed by atoms with van der Waals surface area (Å²) >= 11 is 0. The lowest BCUT2D eigenvalue weighted by atomic mass is 10.0. The fourth-order valence-corrected chi connectivity index (χ4v) is 9.42. The van der Waals surface area contributed by atoms with Crippen LogP contribution in [0.3, 0.4) is 0 Å². The van der Waals surface area contributed by atoms with E-state index < -0.39 is 250 Å². The highest BCUT2D eigenvalue weighted by Crippen LogP contribution is 2.38. The molecular formula is C40H66O33. The van der Waals surface area contributed by atoms with Crippen LogP contribution in [0.5, 0.6) is 0 Å². The summed E-state index contributed by atoms with van der Waals surface area (Å²) in [6.45, 7) is -5.76. The van der Waals surface area contributed by atoms with Gasteiger partial charge < -0.3 is 163 Å². The second-order valence-electron chi connectivity index (χ2n) is 18.6. The number of hydrogen-bond acceptors (Lipinski definition) is 33. The smallest absolute Gasteiger partial charge is 0.187 e. The average molecular weight is 1070 g/mol. The van der Waals surface area contributed by atoms with Gasteiger partial charge in [-0.05, 0) is 0 Å². The average Bonchev–Trinajstić information content (AvgIpc) is 4.02. The number of rotatable bonds is 18. The van der Waals surface area contributed by atoms with E-state index in [-0.39, 0.29) is 0 Å². The maximum Gasteiger partial charge on any atom is 0.187 e. The Kier molecular flexibility index (Phi) is 19.6. The topological polar surface area (TPSA) is 503 Å². The van der Waals surface area contributed by atoms with Crippen LogP contribution in [0, 0.1) is 0 Å². The minimum atomic E-state index is -1.98. The van der Waals surface area contributed by atoms with E-state index in [9.17, 15) is 91.9 Å². The Balaban J connectivity index is 1.10. The monoisotopic (exact) mass is 1070 g/mol. The summed E-state index contributed by atoms with van der Waals surface area (Å²) in [5.74, 6) is 0. The molecule has 33 nitrogen and oxygen atoms in total. The Labute approximate surface area is 412 Å². The van der Waals surface area contributed by atoms with E-state index in [1.54, 1.807) is 0 Å². The molecule has 8 aliphatic rings. The van der Waals surface area contributed by atoms with Gasteiger partial charge in [0.25, 0.3) is 0 Å². The first-order chi connectivity index (χ1) is 34.8. The van der Waals surface area contributed by atoms with Crippen LogP contribution in [0.1, 0.15) is 0 Å². The van der Waals surface area contributed by atoms with Gasteiger partial charge in [0.1, 0.15) is 146 Å². The summed E-state index contributed by atoms with van der Waals surface area (Å²) in [7, 11) is 0. The summed E-state index contributed by atoms with van der Waals surface area (Å²) in [6.07, 6.45) is -56.0. The predicted molar refractivity (Wildman–Crippen MR) is 216 cm³/mol. The molecule has 0 spiro atoms. The van der Waals surface area contributed by atoms with Gasteiger partial charge in [0.15, 0.2) is 50.3 Å². The first kappa shape index (κ1) is 57.8. The standard InChI is InChI=1S/C40H66O33/c41-1-10-17(46)25(54)35(63-10)70-29-9(45)5-60-39(31(29)72-37-27(56)19(48)12(3-43)65-37)69-16-8-62-40(68-15-7-61-34(24(53)22(15)51)67-14-6-59-33(58)23(52)21(14)50)32(73-38-28(57)20(49)13(4-44)66-38)30(16)71-36-26(55)18(47)11(2-42)64-36/h9-58H,1-8H2/t9-,10+,11+,12+,13+,14-,15-,16-,17+,18+,19+,20+,21+,22+,23-,24-,25-,26-,27-,28-,29+,30+,31-,32-,33+,34+,35+,36+,37+,38+,39+,40+/m1/s1. The number of hydrogen-bond donors (Lipinski definition) is 18.